The van der Waals surface area contributed by atoms with E-state index in [2.05, 4.69) is 11.6 Å². The third-order valence-corrected chi connectivity index (χ3v) is 1.84. The number of ether oxygens (including phenoxy) is 1. The van der Waals surface area contributed by atoms with Crippen molar-refractivity contribution >= 4 is 5.84 Å². The molecule has 0 aliphatic rings. The van der Waals surface area contributed by atoms with Crippen molar-refractivity contribution in [2.24, 2.45) is 5.73 Å². The number of methoxy groups -OCH3 is 1. The van der Waals surface area contributed by atoms with Crippen molar-refractivity contribution in [3.8, 4) is 5.75 Å². The van der Waals surface area contributed by atoms with Crippen LogP contribution < -0.4 is 15.5 Å². The summed E-state index contributed by atoms with van der Waals surface area (Å²) < 4.78 is 5.04. The van der Waals surface area contributed by atoms with Gasteiger partial charge in [-0.15, -0.1) is 0 Å². The van der Waals surface area contributed by atoms with Crippen LogP contribution in [0.15, 0.2) is 36.9 Å². The first-order valence-corrected chi connectivity index (χ1v) is 4.39. The van der Waals surface area contributed by atoms with Crippen LogP contribution >= 0.6 is 0 Å². The Bertz CT molecular complexity index is 328. The Morgan fingerprint density at radius 2 is 2.14 bits per heavy atom. The first-order chi connectivity index (χ1) is 6.77. The van der Waals surface area contributed by atoms with E-state index in [1.54, 1.807) is 13.2 Å². The Labute approximate surface area is 83.9 Å². The molecule has 3 nitrogen and oxygen atoms in total. The van der Waals surface area contributed by atoms with E-state index in [9.17, 15) is 0 Å². The zero-order valence-corrected chi connectivity index (χ0v) is 8.29. The summed E-state index contributed by atoms with van der Waals surface area (Å²) in [5, 5.41) is 0. The first kappa shape index (κ1) is 10.3. The van der Waals surface area contributed by atoms with Crippen LogP contribution in [0.2, 0.25) is 0 Å². The van der Waals surface area contributed by atoms with Gasteiger partial charge in [0.25, 0.3) is 5.84 Å². The molecule has 0 aliphatic heterocycles. The number of hydrogen-bond donors (Lipinski definition) is 2. The third kappa shape index (κ3) is 2.62. The van der Waals surface area contributed by atoms with E-state index < -0.39 is 0 Å². The minimum absolute atomic E-state index is 0.646. The lowest BCUT2D eigenvalue weighted by Crippen LogP contribution is -2.75. The normalized spacial score (nSPS) is 11.1. The van der Waals surface area contributed by atoms with Crippen molar-refractivity contribution in [1.82, 2.24) is 0 Å². The molecule has 0 saturated carbocycles. The van der Waals surface area contributed by atoms with Crippen molar-refractivity contribution < 1.29 is 9.73 Å². The average molecular weight is 191 g/mol. The second kappa shape index (κ2) is 5.07. The number of rotatable bonds is 4. The molecule has 0 unspecified atom stereocenters. The maximum absolute atomic E-state index is 5.79. The number of amidine groups is 1. The summed E-state index contributed by atoms with van der Waals surface area (Å²) >= 11 is 0. The van der Waals surface area contributed by atoms with Gasteiger partial charge in [-0.1, -0.05) is 12.7 Å². The lowest BCUT2D eigenvalue weighted by Gasteiger charge is -1.99. The van der Waals surface area contributed by atoms with Crippen molar-refractivity contribution in [2.75, 3.05) is 13.7 Å². The Morgan fingerprint density at radius 3 is 2.64 bits per heavy atom. The van der Waals surface area contributed by atoms with E-state index in [-0.39, 0.29) is 0 Å². The first-order valence-electron chi connectivity index (χ1n) is 4.39. The summed E-state index contributed by atoms with van der Waals surface area (Å²) in [6.07, 6.45) is 1.76. The quantitative estimate of drug-likeness (QED) is 0.389. The fraction of sp³-hybridized carbons (Fsp3) is 0.182. The fourth-order valence-corrected chi connectivity index (χ4v) is 1.05. The molecule has 0 heterocycles. The van der Waals surface area contributed by atoms with E-state index in [0.717, 1.165) is 11.3 Å². The molecule has 0 saturated heterocycles. The van der Waals surface area contributed by atoms with Crippen LogP contribution in [0, 0.1) is 0 Å². The van der Waals surface area contributed by atoms with Gasteiger partial charge in [-0.2, -0.15) is 0 Å². The van der Waals surface area contributed by atoms with Gasteiger partial charge in [-0.3, -0.25) is 10.7 Å². The van der Waals surface area contributed by atoms with Gasteiger partial charge in [0.1, 0.15) is 12.3 Å². The lowest BCUT2D eigenvalue weighted by atomic mass is 10.2. The molecule has 1 aromatic carbocycles. The number of hydrogen-bond acceptors (Lipinski definition) is 1. The van der Waals surface area contributed by atoms with Gasteiger partial charge in [-0.05, 0) is 24.3 Å². The smallest absolute Gasteiger partial charge is 0.273 e. The van der Waals surface area contributed by atoms with Crippen LogP contribution in [0.3, 0.4) is 0 Å². The zero-order valence-electron chi connectivity index (χ0n) is 8.29. The predicted octanol–water partition coefficient (Wildman–Crippen LogP) is -0.333. The van der Waals surface area contributed by atoms with Crippen LogP contribution in [0.25, 0.3) is 0 Å². The second-order valence-corrected chi connectivity index (χ2v) is 2.81. The number of benzene rings is 1. The van der Waals surface area contributed by atoms with Gasteiger partial charge >= 0.3 is 0 Å². The summed E-state index contributed by atoms with van der Waals surface area (Å²) in [5.41, 5.74) is 6.74. The molecule has 0 atom stereocenters. The van der Waals surface area contributed by atoms with Crippen molar-refractivity contribution in [3.05, 3.63) is 42.5 Å². The van der Waals surface area contributed by atoms with Crippen LogP contribution in [-0.2, 0) is 0 Å². The molecule has 0 fully saturated rings. The highest BCUT2D eigenvalue weighted by Gasteiger charge is 2.02. The average Bonchev–Trinajstić information content (AvgIpc) is 2.26. The summed E-state index contributed by atoms with van der Waals surface area (Å²) in [7, 11) is 1.64. The van der Waals surface area contributed by atoms with E-state index in [0.29, 0.717) is 12.4 Å². The minimum atomic E-state index is 0.646. The largest absolute Gasteiger partial charge is 0.497 e. The highest BCUT2D eigenvalue weighted by molar-refractivity contribution is 5.92. The Kier molecular flexibility index (Phi) is 3.73. The van der Waals surface area contributed by atoms with E-state index in [1.807, 2.05) is 24.3 Å². The molecule has 1 rings (SSSR count). The Balaban J connectivity index is 2.80. The van der Waals surface area contributed by atoms with Crippen molar-refractivity contribution in [3.63, 3.8) is 0 Å². The van der Waals surface area contributed by atoms with Gasteiger partial charge in [0.2, 0.25) is 0 Å². The molecule has 3 heteroatoms. The second-order valence-electron chi connectivity index (χ2n) is 2.81. The van der Waals surface area contributed by atoms with Gasteiger partial charge in [0, 0.05) is 0 Å². The molecule has 0 spiro atoms. The SMILES string of the molecule is C=CC[NH+]=C(N)c1ccc(OC)cc1. The van der Waals surface area contributed by atoms with Gasteiger partial charge in [0.15, 0.2) is 0 Å². The van der Waals surface area contributed by atoms with Gasteiger partial charge < -0.3 is 4.74 Å². The topological polar surface area (TPSA) is 49.2 Å². The lowest BCUT2D eigenvalue weighted by molar-refractivity contribution is -0.444. The third-order valence-electron chi connectivity index (χ3n) is 1.84. The Hall–Kier alpha value is -1.77. The number of nitrogen functional groups attached to an aromatic ring is 1. The molecule has 0 aromatic heterocycles. The molecule has 74 valence electrons. The van der Waals surface area contributed by atoms with E-state index >= 15 is 0 Å². The summed E-state index contributed by atoms with van der Waals surface area (Å²) in [6, 6.07) is 7.56. The van der Waals surface area contributed by atoms with E-state index in [1.165, 1.54) is 0 Å². The molecule has 0 bridgehead atoms. The maximum atomic E-state index is 5.79. The maximum Gasteiger partial charge on any atom is 0.273 e. The number of nitrogens with one attached hydrogen (secondary N) is 1. The highest BCUT2D eigenvalue weighted by Crippen LogP contribution is 2.09. The van der Waals surface area contributed by atoms with Crippen LogP contribution in [0.1, 0.15) is 5.56 Å². The van der Waals surface area contributed by atoms with Crippen LogP contribution in [-0.4, -0.2) is 19.5 Å². The predicted molar refractivity (Wildman–Crippen MR) is 57.3 cm³/mol. The summed E-state index contributed by atoms with van der Waals surface area (Å²) in [5.74, 6) is 1.47. The molecule has 0 aliphatic carbocycles. The summed E-state index contributed by atoms with van der Waals surface area (Å²) in [4.78, 5) is 3.02. The minimum Gasteiger partial charge on any atom is -0.497 e. The molecule has 3 N–H and O–H groups in total. The molecule has 14 heavy (non-hydrogen) atoms. The van der Waals surface area contributed by atoms with Gasteiger partial charge in [-0.25, -0.2) is 0 Å². The molecular formula is C11H15N2O+. The Morgan fingerprint density at radius 1 is 1.50 bits per heavy atom. The monoisotopic (exact) mass is 191 g/mol. The number of nitrogens with two attached hydrogens (primary N) is 1. The molecular weight excluding hydrogens is 176 g/mol. The van der Waals surface area contributed by atoms with Gasteiger partial charge in [0.05, 0.1) is 12.7 Å². The molecule has 0 amide bonds. The highest BCUT2D eigenvalue weighted by atomic mass is 16.5. The van der Waals surface area contributed by atoms with Crippen molar-refractivity contribution in [1.29, 1.82) is 0 Å². The van der Waals surface area contributed by atoms with E-state index in [4.69, 9.17) is 10.5 Å². The molecule has 0 radical (unpaired) electrons. The standard InChI is InChI=1S/C11H14N2O/c1-3-8-13-11(12)9-4-6-10(14-2)7-5-9/h3-7H,1,8H2,2H3,(H2,12,13)/p+1. The molecule has 1 aromatic rings. The van der Waals surface area contributed by atoms with Crippen LogP contribution in [0.4, 0.5) is 0 Å². The summed E-state index contributed by atoms with van der Waals surface area (Å²) in [6.45, 7) is 4.27. The fourth-order valence-electron chi connectivity index (χ4n) is 1.05. The zero-order chi connectivity index (χ0) is 10.4. The van der Waals surface area contributed by atoms with Crippen molar-refractivity contribution in [2.45, 2.75) is 0 Å². The van der Waals surface area contributed by atoms with Crippen LogP contribution in [0.5, 0.6) is 5.75 Å².